The van der Waals surface area contributed by atoms with Gasteiger partial charge in [-0.3, -0.25) is 0 Å². The van der Waals surface area contributed by atoms with Gasteiger partial charge in [0.05, 0.1) is 0 Å². The molecule has 7 N–H and O–H groups in total. The van der Waals surface area contributed by atoms with Crippen LogP contribution < -0.4 is 0 Å². The van der Waals surface area contributed by atoms with Crippen LogP contribution in [-0.4, -0.2) is 35.1 Å². The molecule has 0 spiro atoms. The van der Waals surface area contributed by atoms with Crippen LogP contribution in [0, 0.1) is 0 Å². The first-order valence-electron chi connectivity index (χ1n) is 14.7. The standard InChI is InChI=1S/2C18H20O2.H3O4P/c2*1-3-17(13-5-9-15(19)10-6-13)18(4-2)14-7-11-16(20)12-8-14;1-5(2,3)4/h2*5-12,19-20H,3-4H2,1-2H3;(H3,1,2,3,4)/b2*18-17+;. The summed E-state index contributed by atoms with van der Waals surface area (Å²) in [6.45, 7) is 8.55. The molecule has 0 heterocycles. The molecule has 0 fully saturated rings. The predicted octanol–water partition coefficient (Wildman–Crippen LogP) is 8.73. The lowest BCUT2D eigenvalue weighted by Gasteiger charge is -2.14. The van der Waals surface area contributed by atoms with Gasteiger partial charge in [-0.25, -0.2) is 4.57 Å². The van der Waals surface area contributed by atoms with Crippen molar-refractivity contribution in [3.05, 3.63) is 119 Å². The van der Waals surface area contributed by atoms with Crippen molar-refractivity contribution in [2.24, 2.45) is 0 Å². The van der Waals surface area contributed by atoms with E-state index < -0.39 is 7.82 Å². The van der Waals surface area contributed by atoms with Crippen molar-refractivity contribution in [1.82, 2.24) is 0 Å². The topological polar surface area (TPSA) is 159 Å². The summed E-state index contributed by atoms with van der Waals surface area (Å²) in [5, 5.41) is 37.6. The number of phenolic OH excluding ortho intramolecular Hbond substituents is 4. The fourth-order valence-corrected chi connectivity index (χ4v) is 5.02. The van der Waals surface area contributed by atoms with Gasteiger partial charge in [-0.1, -0.05) is 76.2 Å². The Bertz CT molecular complexity index is 1350. The van der Waals surface area contributed by atoms with Crippen LogP contribution >= 0.6 is 7.82 Å². The number of hydrogen-bond donors (Lipinski definition) is 7. The van der Waals surface area contributed by atoms with E-state index in [2.05, 4.69) is 27.7 Å². The van der Waals surface area contributed by atoms with Gasteiger partial charge in [-0.2, -0.15) is 0 Å². The Labute approximate surface area is 265 Å². The van der Waals surface area contributed by atoms with Gasteiger partial charge in [0.15, 0.2) is 0 Å². The molecule has 9 heteroatoms. The molecule has 0 aliphatic rings. The minimum absolute atomic E-state index is 0.284. The number of phosphoric acid groups is 1. The Balaban J connectivity index is 0.000000273. The van der Waals surface area contributed by atoms with Gasteiger partial charge in [0, 0.05) is 0 Å². The normalized spacial score (nSPS) is 12.1. The maximum absolute atomic E-state index is 9.41. The van der Waals surface area contributed by atoms with Crippen molar-refractivity contribution in [3.63, 3.8) is 0 Å². The van der Waals surface area contributed by atoms with E-state index in [-0.39, 0.29) is 23.0 Å². The molecule has 0 bridgehead atoms. The third-order valence-corrected chi connectivity index (χ3v) is 7.01. The van der Waals surface area contributed by atoms with Gasteiger partial charge in [0.1, 0.15) is 23.0 Å². The molecule has 45 heavy (non-hydrogen) atoms. The minimum atomic E-state index is -4.64. The molecule has 0 atom stereocenters. The average Bonchev–Trinajstić information content (AvgIpc) is 3.00. The van der Waals surface area contributed by atoms with Crippen LogP contribution in [0.4, 0.5) is 0 Å². The molecule has 8 nitrogen and oxygen atoms in total. The maximum atomic E-state index is 9.41. The van der Waals surface area contributed by atoms with Crippen LogP contribution in [0.15, 0.2) is 97.1 Å². The van der Waals surface area contributed by atoms with E-state index in [4.69, 9.17) is 19.2 Å². The summed E-state index contributed by atoms with van der Waals surface area (Å²) in [6.07, 6.45) is 3.70. The largest absolute Gasteiger partial charge is 0.508 e. The van der Waals surface area contributed by atoms with E-state index in [1.807, 2.05) is 48.5 Å². The highest BCUT2D eigenvalue weighted by Crippen LogP contribution is 2.34. The van der Waals surface area contributed by atoms with Gasteiger partial charge < -0.3 is 35.1 Å². The Hall–Kier alpha value is -4.33. The SMILES string of the molecule is CC/C(=C(/CC)c1ccc(O)cc1)c1ccc(O)cc1.CC/C(=C(/CC)c1ccc(O)cc1)c1ccc(O)cc1.O=P(O)(O)O. The monoisotopic (exact) mass is 634 g/mol. The smallest absolute Gasteiger partial charge is 0.466 e. The highest BCUT2D eigenvalue weighted by Gasteiger charge is 2.10. The number of allylic oxidation sites excluding steroid dienone is 4. The van der Waals surface area contributed by atoms with Crippen LogP contribution in [0.5, 0.6) is 23.0 Å². The van der Waals surface area contributed by atoms with Crippen LogP contribution in [-0.2, 0) is 4.57 Å². The molecule has 240 valence electrons. The van der Waals surface area contributed by atoms with E-state index in [1.165, 1.54) is 22.3 Å². The van der Waals surface area contributed by atoms with E-state index in [0.29, 0.717) is 0 Å². The molecule has 0 saturated heterocycles. The average molecular weight is 635 g/mol. The first kappa shape index (κ1) is 36.9. The van der Waals surface area contributed by atoms with E-state index in [0.717, 1.165) is 47.9 Å². The molecule has 0 amide bonds. The van der Waals surface area contributed by atoms with Crippen LogP contribution in [0.2, 0.25) is 0 Å². The van der Waals surface area contributed by atoms with E-state index in [9.17, 15) is 20.4 Å². The maximum Gasteiger partial charge on any atom is 0.466 e. The van der Waals surface area contributed by atoms with Gasteiger partial charge in [0.2, 0.25) is 0 Å². The highest BCUT2D eigenvalue weighted by molar-refractivity contribution is 7.45. The van der Waals surface area contributed by atoms with E-state index in [1.54, 1.807) is 48.5 Å². The number of phenols is 4. The lowest BCUT2D eigenvalue weighted by Crippen LogP contribution is -1.91. The first-order chi connectivity index (χ1) is 21.3. The zero-order chi connectivity index (χ0) is 33.6. The lowest BCUT2D eigenvalue weighted by atomic mass is 9.91. The van der Waals surface area contributed by atoms with Crippen molar-refractivity contribution in [3.8, 4) is 23.0 Å². The van der Waals surface area contributed by atoms with Crippen LogP contribution in [0.1, 0.15) is 75.6 Å². The minimum Gasteiger partial charge on any atom is -0.508 e. The molecule has 0 unspecified atom stereocenters. The number of rotatable bonds is 8. The van der Waals surface area contributed by atoms with Gasteiger partial charge in [0.25, 0.3) is 0 Å². The first-order valence-corrected chi connectivity index (χ1v) is 16.3. The Morgan fingerprint density at radius 2 is 0.533 bits per heavy atom. The molecule has 0 aliphatic carbocycles. The van der Waals surface area contributed by atoms with E-state index >= 15 is 0 Å². The second-order valence-electron chi connectivity index (χ2n) is 10.0. The summed E-state index contributed by atoms with van der Waals surface area (Å²) in [6, 6.07) is 29.3. The molecular weight excluding hydrogens is 591 g/mol. The zero-order valence-electron chi connectivity index (χ0n) is 26.1. The molecule has 0 radical (unpaired) electrons. The number of aromatic hydroxyl groups is 4. The predicted molar refractivity (Wildman–Crippen MR) is 181 cm³/mol. The van der Waals surface area contributed by atoms with Crippen molar-refractivity contribution < 1.29 is 39.7 Å². The summed E-state index contributed by atoms with van der Waals surface area (Å²) >= 11 is 0. The molecule has 4 aromatic rings. The third kappa shape index (κ3) is 12.3. The second-order valence-corrected chi connectivity index (χ2v) is 11.1. The van der Waals surface area contributed by atoms with Crippen molar-refractivity contribution in [2.75, 3.05) is 0 Å². The lowest BCUT2D eigenvalue weighted by molar-refractivity contribution is 0.275. The Morgan fingerprint density at radius 1 is 0.400 bits per heavy atom. The quantitative estimate of drug-likeness (QED) is 0.0749. The molecule has 4 aromatic carbocycles. The van der Waals surface area contributed by atoms with Crippen molar-refractivity contribution >= 4 is 30.1 Å². The fourth-order valence-electron chi connectivity index (χ4n) is 5.02. The molecular formula is C36H43O8P. The van der Waals surface area contributed by atoms with Crippen molar-refractivity contribution in [2.45, 2.75) is 53.4 Å². The van der Waals surface area contributed by atoms with Gasteiger partial charge in [-0.05, 0) is 119 Å². The zero-order valence-corrected chi connectivity index (χ0v) is 26.9. The van der Waals surface area contributed by atoms with Gasteiger partial charge in [-0.15, -0.1) is 0 Å². The summed E-state index contributed by atoms with van der Waals surface area (Å²) in [5.74, 6) is 1.14. The summed E-state index contributed by atoms with van der Waals surface area (Å²) < 4.78 is 8.88. The van der Waals surface area contributed by atoms with Crippen LogP contribution in [0.3, 0.4) is 0 Å². The summed E-state index contributed by atoms with van der Waals surface area (Å²) in [5.41, 5.74) is 9.64. The third-order valence-electron chi connectivity index (χ3n) is 7.01. The summed E-state index contributed by atoms with van der Waals surface area (Å²) in [7, 11) is -4.64. The van der Waals surface area contributed by atoms with Gasteiger partial charge >= 0.3 is 7.82 Å². The summed E-state index contributed by atoms with van der Waals surface area (Å²) in [4.78, 5) is 21.6. The second kappa shape index (κ2) is 17.8. The Kier molecular flexibility index (Phi) is 14.6. The fraction of sp³-hybridized carbons (Fsp3) is 0.222. The van der Waals surface area contributed by atoms with Crippen molar-refractivity contribution in [1.29, 1.82) is 0 Å². The van der Waals surface area contributed by atoms with Crippen LogP contribution in [0.25, 0.3) is 22.3 Å². The number of benzene rings is 4. The molecule has 0 aliphatic heterocycles. The highest BCUT2D eigenvalue weighted by atomic mass is 31.2. The number of hydrogen-bond acceptors (Lipinski definition) is 5. The molecule has 4 rings (SSSR count). The Morgan fingerprint density at radius 3 is 0.644 bits per heavy atom. The molecule has 0 aromatic heterocycles. The molecule has 0 saturated carbocycles.